The fourth-order valence-electron chi connectivity index (χ4n) is 5.13. The standard InChI is InChI=1S/C33H40I3N2O8P/c1-7-12-45-47(41,42)46-18-23(38-29(39)11-9-24-26(34)16-27(35)32(44-6)31(24)36)17-37-33(40)25-15-22(8-10-28(25)43-5)30-20(3)13-19(2)14-21(30)4/h8,10,13-16,23H,7,9,11-12,17-18H2,1-6H3,(H,37,40)(H,38,39)(H,41,42)/t23-/m1/s1. The fraction of sp³-hybridized carbons (Fsp3) is 0.394. The molecule has 14 heteroatoms. The Morgan fingerprint density at radius 2 is 1.64 bits per heavy atom. The van der Waals surface area contributed by atoms with Gasteiger partial charge in [0, 0.05) is 16.5 Å². The number of methoxy groups -OCH3 is 2. The quantitative estimate of drug-likeness (QED) is 0.0994. The van der Waals surface area contributed by atoms with Crippen LogP contribution in [0.15, 0.2) is 36.4 Å². The minimum atomic E-state index is -4.37. The van der Waals surface area contributed by atoms with Crippen molar-refractivity contribution in [3.63, 3.8) is 0 Å². The zero-order chi connectivity index (χ0) is 34.9. The lowest BCUT2D eigenvalue weighted by Crippen LogP contribution is -2.46. The van der Waals surface area contributed by atoms with Crippen molar-refractivity contribution >= 4 is 87.4 Å². The van der Waals surface area contributed by atoms with Crippen molar-refractivity contribution in [3.05, 3.63) is 74.9 Å². The van der Waals surface area contributed by atoms with Crippen LogP contribution in [0.1, 0.15) is 52.4 Å². The van der Waals surface area contributed by atoms with Gasteiger partial charge in [-0.2, -0.15) is 0 Å². The summed E-state index contributed by atoms with van der Waals surface area (Å²) >= 11 is 6.69. The Morgan fingerprint density at radius 3 is 2.26 bits per heavy atom. The SMILES string of the molecule is CCCOP(=O)(O)OC[C@@H](CNC(=O)c1cc(-c2c(C)cc(C)cc2C)ccc1OC)NC(=O)CCc1c(I)cc(I)c(OC)c1I. The number of amides is 2. The average Bonchev–Trinajstić information content (AvgIpc) is 3.00. The summed E-state index contributed by atoms with van der Waals surface area (Å²) in [5, 5.41) is 5.70. The first-order valence-corrected chi connectivity index (χ1v) is 19.6. The normalized spacial score (nSPS) is 13.1. The molecule has 3 aromatic rings. The van der Waals surface area contributed by atoms with Gasteiger partial charge >= 0.3 is 7.82 Å². The molecule has 0 aliphatic rings. The molecule has 2 atom stereocenters. The van der Waals surface area contributed by atoms with Crippen LogP contribution in [-0.4, -0.2) is 56.7 Å². The molecule has 0 spiro atoms. The zero-order valence-electron chi connectivity index (χ0n) is 27.2. The molecule has 0 saturated carbocycles. The summed E-state index contributed by atoms with van der Waals surface area (Å²) in [5.74, 6) is 0.392. The van der Waals surface area contributed by atoms with Crippen LogP contribution in [0.3, 0.4) is 0 Å². The number of ether oxygens (including phenoxy) is 2. The number of carbonyl (C=O) groups is 2. The van der Waals surface area contributed by atoms with Gasteiger partial charge in [0.1, 0.15) is 11.5 Å². The third-order valence-corrected chi connectivity index (χ3v) is 11.1. The number of halogens is 3. The fourth-order valence-corrected chi connectivity index (χ4v) is 10.3. The lowest BCUT2D eigenvalue weighted by molar-refractivity contribution is -0.122. The second kappa shape index (κ2) is 18.5. The lowest BCUT2D eigenvalue weighted by Gasteiger charge is -2.22. The van der Waals surface area contributed by atoms with Gasteiger partial charge in [0.05, 0.1) is 46.2 Å². The van der Waals surface area contributed by atoms with E-state index in [2.05, 4.69) is 90.5 Å². The van der Waals surface area contributed by atoms with Gasteiger partial charge in [-0.05, 0) is 147 Å². The molecule has 0 heterocycles. The Hall–Kier alpha value is -1.50. The van der Waals surface area contributed by atoms with Gasteiger partial charge in [-0.3, -0.25) is 18.6 Å². The van der Waals surface area contributed by atoms with E-state index in [1.165, 1.54) is 7.11 Å². The van der Waals surface area contributed by atoms with Crippen LogP contribution in [0.2, 0.25) is 0 Å². The summed E-state index contributed by atoms with van der Waals surface area (Å²) in [5.41, 5.74) is 6.53. The second-order valence-electron chi connectivity index (χ2n) is 10.9. The molecule has 0 radical (unpaired) electrons. The molecule has 2 amide bonds. The first kappa shape index (κ1) is 39.9. The number of benzene rings is 3. The summed E-state index contributed by atoms with van der Waals surface area (Å²) in [4.78, 5) is 36.8. The number of carbonyl (C=O) groups excluding carboxylic acids is 2. The first-order chi connectivity index (χ1) is 22.2. The molecule has 10 nitrogen and oxygen atoms in total. The smallest absolute Gasteiger partial charge is 0.472 e. The molecule has 0 saturated heterocycles. The summed E-state index contributed by atoms with van der Waals surface area (Å²) in [6, 6.07) is 10.8. The number of hydrogen-bond acceptors (Lipinski definition) is 7. The van der Waals surface area contributed by atoms with E-state index >= 15 is 0 Å². The van der Waals surface area contributed by atoms with Crippen molar-refractivity contribution in [2.45, 2.75) is 53.0 Å². The third-order valence-electron chi connectivity index (χ3n) is 7.21. The van der Waals surface area contributed by atoms with Gasteiger partial charge < -0.3 is 25.0 Å². The van der Waals surface area contributed by atoms with Crippen LogP contribution in [0.25, 0.3) is 11.1 Å². The summed E-state index contributed by atoms with van der Waals surface area (Å²) < 4.78 is 36.6. The maximum Gasteiger partial charge on any atom is 0.472 e. The molecule has 0 aromatic heterocycles. The second-order valence-corrected chi connectivity index (χ2v) is 15.8. The van der Waals surface area contributed by atoms with Crippen LogP contribution in [0.5, 0.6) is 11.5 Å². The zero-order valence-corrected chi connectivity index (χ0v) is 34.5. The van der Waals surface area contributed by atoms with E-state index in [1.807, 2.05) is 32.9 Å². The molecule has 0 aliphatic heterocycles. The van der Waals surface area contributed by atoms with Gasteiger partial charge in [0.2, 0.25) is 5.91 Å². The van der Waals surface area contributed by atoms with E-state index < -0.39 is 19.8 Å². The van der Waals surface area contributed by atoms with Crippen molar-refractivity contribution in [2.24, 2.45) is 0 Å². The average molecular weight is 1000 g/mol. The topological polar surface area (TPSA) is 132 Å². The van der Waals surface area contributed by atoms with Crippen LogP contribution < -0.4 is 20.1 Å². The highest BCUT2D eigenvalue weighted by molar-refractivity contribution is 14.1. The van der Waals surface area contributed by atoms with Crippen molar-refractivity contribution in [1.29, 1.82) is 0 Å². The molecule has 0 fully saturated rings. The van der Waals surface area contributed by atoms with E-state index in [0.717, 1.165) is 49.8 Å². The van der Waals surface area contributed by atoms with Gasteiger partial charge in [-0.15, -0.1) is 0 Å². The summed E-state index contributed by atoms with van der Waals surface area (Å²) in [7, 11) is -1.26. The predicted octanol–water partition coefficient (Wildman–Crippen LogP) is 7.50. The van der Waals surface area contributed by atoms with E-state index in [-0.39, 0.29) is 32.1 Å². The molecule has 3 rings (SSSR count). The largest absolute Gasteiger partial charge is 0.496 e. The van der Waals surface area contributed by atoms with Crippen LogP contribution in [0.4, 0.5) is 0 Å². The van der Waals surface area contributed by atoms with E-state index in [9.17, 15) is 19.0 Å². The Labute approximate surface area is 317 Å². The Morgan fingerprint density at radius 1 is 0.957 bits per heavy atom. The van der Waals surface area contributed by atoms with Gasteiger partial charge in [-0.1, -0.05) is 30.7 Å². The number of phosphoric ester groups is 1. The highest BCUT2D eigenvalue weighted by Crippen LogP contribution is 2.43. The minimum absolute atomic E-state index is 0.0361. The van der Waals surface area contributed by atoms with Crippen LogP contribution in [0, 0.1) is 31.5 Å². The predicted molar refractivity (Wildman–Crippen MR) is 208 cm³/mol. The monoisotopic (exact) mass is 1000 g/mol. The Kier molecular flexibility index (Phi) is 15.7. The minimum Gasteiger partial charge on any atom is -0.496 e. The Bertz CT molecular complexity index is 1630. The van der Waals surface area contributed by atoms with Crippen molar-refractivity contribution in [2.75, 3.05) is 34.0 Å². The Balaban J connectivity index is 1.80. The van der Waals surface area contributed by atoms with Crippen molar-refractivity contribution in [3.8, 4) is 22.6 Å². The van der Waals surface area contributed by atoms with Crippen molar-refractivity contribution in [1.82, 2.24) is 10.6 Å². The lowest BCUT2D eigenvalue weighted by atomic mass is 9.92. The van der Waals surface area contributed by atoms with E-state index in [0.29, 0.717) is 24.2 Å². The molecule has 1 unspecified atom stereocenters. The molecule has 47 heavy (non-hydrogen) atoms. The molecule has 0 aliphatic carbocycles. The highest BCUT2D eigenvalue weighted by Gasteiger charge is 2.25. The molecular weight excluding hydrogens is 964 g/mol. The molecular formula is C33H40I3N2O8P. The maximum atomic E-state index is 13.6. The van der Waals surface area contributed by atoms with Crippen LogP contribution >= 0.6 is 75.6 Å². The van der Waals surface area contributed by atoms with Gasteiger partial charge in [0.25, 0.3) is 5.91 Å². The molecule has 3 aromatic carbocycles. The first-order valence-electron chi connectivity index (χ1n) is 14.9. The number of phosphoric acid groups is 1. The van der Waals surface area contributed by atoms with E-state index in [1.54, 1.807) is 26.2 Å². The summed E-state index contributed by atoms with van der Waals surface area (Å²) in [6.45, 7) is 7.50. The molecule has 0 bridgehead atoms. The number of nitrogens with one attached hydrogen (secondary N) is 2. The van der Waals surface area contributed by atoms with E-state index in [4.69, 9.17) is 18.5 Å². The summed E-state index contributed by atoms with van der Waals surface area (Å²) in [6.07, 6.45) is 1.09. The number of rotatable bonds is 16. The molecule has 3 N–H and O–H groups in total. The molecule has 256 valence electrons. The maximum absolute atomic E-state index is 13.6. The third kappa shape index (κ3) is 11.3. The van der Waals surface area contributed by atoms with Gasteiger partial charge in [0.15, 0.2) is 0 Å². The highest BCUT2D eigenvalue weighted by atomic mass is 127. The number of hydrogen-bond donors (Lipinski definition) is 3. The van der Waals surface area contributed by atoms with Gasteiger partial charge in [-0.25, -0.2) is 4.57 Å². The number of aryl methyl sites for hydroxylation is 3. The van der Waals surface area contributed by atoms with Crippen LogP contribution in [-0.2, 0) is 24.8 Å². The van der Waals surface area contributed by atoms with Crippen molar-refractivity contribution < 1.29 is 37.6 Å².